The summed E-state index contributed by atoms with van der Waals surface area (Å²) in [6.45, 7) is 6.38. The molecule has 0 fully saturated rings. The third-order valence-electron chi connectivity index (χ3n) is 2.02. The van der Waals surface area contributed by atoms with Gasteiger partial charge in [0.05, 0.1) is 12.7 Å². The van der Waals surface area contributed by atoms with Crippen LogP contribution in [-0.4, -0.2) is 17.8 Å². The van der Waals surface area contributed by atoms with Gasteiger partial charge in [0.25, 0.3) is 0 Å². The summed E-state index contributed by atoms with van der Waals surface area (Å²) >= 11 is 0. The molecule has 2 heteroatoms. The van der Waals surface area contributed by atoms with Gasteiger partial charge in [-0.05, 0) is 37.8 Å². The molecule has 0 aromatic rings. The van der Waals surface area contributed by atoms with Gasteiger partial charge in [-0.25, -0.2) is 0 Å². The zero-order valence-electron chi connectivity index (χ0n) is 7.55. The van der Waals surface area contributed by atoms with Gasteiger partial charge >= 0.3 is 0 Å². The van der Waals surface area contributed by atoms with E-state index in [9.17, 15) is 5.11 Å². The van der Waals surface area contributed by atoms with Crippen molar-refractivity contribution in [3.63, 3.8) is 0 Å². The van der Waals surface area contributed by atoms with Crippen molar-refractivity contribution in [3.8, 4) is 0 Å². The van der Waals surface area contributed by atoms with Crippen LogP contribution in [0, 0.1) is 0 Å². The molecule has 0 aliphatic heterocycles. The van der Waals surface area contributed by atoms with Gasteiger partial charge in [-0.2, -0.15) is 0 Å². The predicted octanol–water partition coefficient (Wildman–Crippen LogP) is 2.01. The van der Waals surface area contributed by atoms with E-state index in [-0.39, 0.29) is 6.10 Å². The molecule has 1 aliphatic carbocycles. The van der Waals surface area contributed by atoms with E-state index in [1.165, 1.54) is 0 Å². The second-order valence-electron chi connectivity index (χ2n) is 3.01. The number of ether oxygens (including phenoxy) is 1. The zero-order valence-corrected chi connectivity index (χ0v) is 7.55. The highest BCUT2D eigenvalue weighted by molar-refractivity contribution is 5.26. The Kier molecular flexibility index (Phi) is 3.35. The third-order valence-corrected chi connectivity index (χ3v) is 2.02. The van der Waals surface area contributed by atoms with Gasteiger partial charge in [-0.15, -0.1) is 0 Å². The topological polar surface area (TPSA) is 29.5 Å². The molecule has 1 unspecified atom stereocenters. The molecule has 0 amide bonds. The molecule has 0 saturated carbocycles. The summed E-state index contributed by atoms with van der Waals surface area (Å²) in [5, 5.41) is 9.32. The average Bonchev–Trinajstić information content (AvgIpc) is 2.05. The Morgan fingerprint density at radius 2 is 2.58 bits per heavy atom. The Morgan fingerprint density at radius 3 is 3.17 bits per heavy atom. The molecule has 1 aliphatic rings. The van der Waals surface area contributed by atoms with Crippen molar-refractivity contribution in [2.24, 2.45) is 0 Å². The second kappa shape index (κ2) is 4.31. The van der Waals surface area contributed by atoms with Crippen LogP contribution < -0.4 is 0 Å². The van der Waals surface area contributed by atoms with E-state index in [2.05, 4.69) is 6.58 Å². The molecule has 1 atom stereocenters. The van der Waals surface area contributed by atoms with E-state index in [1.807, 2.05) is 13.0 Å². The quantitative estimate of drug-likeness (QED) is 0.653. The fourth-order valence-electron chi connectivity index (χ4n) is 1.40. The lowest BCUT2D eigenvalue weighted by molar-refractivity contribution is 0.194. The minimum Gasteiger partial charge on any atom is -0.494 e. The van der Waals surface area contributed by atoms with Crippen LogP contribution in [-0.2, 0) is 4.74 Å². The van der Waals surface area contributed by atoms with Crippen molar-refractivity contribution >= 4 is 0 Å². The summed E-state index contributed by atoms with van der Waals surface area (Å²) in [5.74, 6) is 0.719. The molecule has 0 aromatic heterocycles. The summed E-state index contributed by atoms with van der Waals surface area (Å²) in [6.07, 6.45) is 4.42. The zero-order chi connectivity index (χ0) is 8.97. The fraction of sp³-hybridized carbons (Fsp3) is 0.600. The van der Waals surface area contributed by atoms with Crippen LogP contribution in [0.3, 0.4) is 0 Å². The molecule has 12 heavy (non-hydrogen) atoms. The van der Waals surface area contributed by atoms with Crippen LogP contribution in [0.15, 0.2) is 24.0 Å². The summed E-state index contributed by atoms with van der Waals surface area (Å²) in [6, 6.07) is 0. The lowest BCUT2D eigenvalue weighted by atomic mass is 9.96. The van der Waals surface area contributed by atoms with Gasteiger partial charge in [0.2, 0.25) is 0 Å². The van der Waals surface area contributed by atoms with E-state index in [1.54, 1.807) is 0 Å². The first-order chi connectivity index (χ1) is 5.74. The first kappa shape index (κ1) is 9.33. The fourth-order valence-corrected chi connectivity index (χ4v) is 1.40. The molecule has 1 N–H and O–H groups in total. The maximum Gasteiger partial charge on any atom is 0.115 e. The number of aliphatic hydroxyl groups excluding tert-OH is 1. The highest BCUT2D eigenvalue weighted by atomic mass is 16.5. The Balaban J connectivity index is 2.55. The molecule has 0 bridgehead atoms. The van der Waals surface area contributed by atoms with Gasteiger partial charge in [0.1, 0.15) is 5.76 Å². The van der Waals surface area contributed by atoms with Crippen molar-refractivity contribution in [2.75, 3.05) is 6.61 Å². The van der Waals surface area contributed by atoms with Crippen molar-refractivity contribution in [1.82, 2.24) is 0 Å². The monoisotopic (exact) mass is 168 g/mol. The molecular formula is C10H16O2. The predicted molar refractivity (Wildman–Crippen MR) is 48.7 cm³/mol. The highest BCUT2D eigenvalue weighted by Crippen LogP contribution is 2.23. The highest BCUT2D eigenvalue weighted by Gasteiger charge is 2.13. The maximum absolute atomic E-state index is 9.32. The molecule has 2 nitrogen and oxygen atoms in total. The van der Waals surface area contributed by atoms with Crippen molar-refractivity contribution in [3.05, 3.63) is 24.0 Å². The smallest absolute Gasteiger partial charge is 0.115 e. The van der Waals surface area contributed by atoms with Gasteiger partial charge in [-0.3, -0.25) is 0 Å². The van der Waals surface area contributed by atoms with Crippen LogP contribution >= 0.6 is 0 Å². The van der Waals surface area contributed by atoms with Crippen LogP contribution in [0.4, 0.5) is 0 Å². The van der Waals surface area contributed by atoms with Crippen molar-refractivity contribution < 1.29 is 9.84 Å². The summed E-state index contributed by atoms with van der Waals surface area (Å²) in [5.41, 5.74) is 1.07. The Morgan fingerprint density at radius 1 is 1.83 bits per heavy atom. The number of aliphatic hydroxyl groups is 1. The SMILES string of the molecule is C=C(OCC)C1=CC(O)CCC1. The summed E-state index contributed by atoms with van der Waals surface area (Å²) < 4.78 is 5.26. The van der Waals surface area contributed by atoms with E-state index in [0.29, 0.717) is 6.61 Å². The maximum atomic E-state index is 9.32. The first-order valence-electron chi connectivity index (χ1n) is 4.45. The van der Waals surface area contributed by atoms with Crippen molar-refractivity contribution in [1.29, 1.82) is 0 Å². The standard InChI is InChI=1S/C10H16O2/c1-3-12-8(2)9-5-4-6-10(11)7-9/h7,10-11H,2-6H2,1H3. The van der Waals surface area contributed by atoms with E-state index in [4.69, 9.17) is 4.74 Å². The summed E-state index contributed by atoms with van der Waals surface area (Å²) in [7, 11) is 0. The van der Waals surface area contributed by atoms with Gasteiger partial charge < -0.3 is 9.84 Å². The number of hydrogen-bond acceptors (Lipinski definition) is 2. The Bertz CT molecular complexity index is 194. The molecule has 68 valence electrons. The molecule has 0 aromatic carbocycles. The van der Waals surface area contributed by atoms with Crippen LogP contribution in [0.1, 0.15) is 26.2 Å². The molecule has 1 rings (SSSR count). The normalized spacial score (nSPS) is 23.2. The van der Waals surface area contributed by atoms with Crippen LogP contribution in [0.5, 0.6) is 0 Å². The third kappa shape index (κ3) is 2.38. The Labute approximate surface area is 73.5 Å². The molecule has 0 radical (unpaired) electrons. The average molecular weight is 168 g/mol. The number of allylic oxidation sites excluding steroid dienone is 1. The van der Waals surface area contributed by atoms with Crippen molar-refractivity contribution in [2.45, 2.75) is 32.3 Å². The van der Waals surface area contributed by atoms with Crippen LogP contribution in [0.2, 0.25) is 0 Å². The molecule has 0 heterocycles. The lowest BCUT2D eigenvalue weighted by Crippen LogP contribution is -2.10. The van der Waals surface area contributed by atoms with E-state index in [0.717, 1.165) is 30.6 Å². The number of rotatable bonds is 3. The number of hydrogen-bond donors (Lipinski definition) is 1. The lowest BCUT2D eigenvalue weighted by Gasteiger charge is -2.18. The van der Waals surface area contributed by atoms with E-state index >= 15 is 0 Å². The Hall–Kier alpha value is -0.760. The van der Waals surface area contributed by atoms with Gasteiger partial charge in [-0.1, -0.05) is 6.58 Å². The molecular weight excluding hydrogens is 152 g/mol. The minimum atomic E-state index is -0.300. The minimum absolute atomic E-state index is 0.300. The molecule has 0 spiro atoms. The van der Waals surface area contributed by atoms with Gasteiger partial charge in [0, 0.05) is 0 Å². The largest absolute Gasteiger partial charge is 0.494 e. The second-order valence-corrected chi connectivity index (χ2v) is 3.01. The van der Waals surface area contributed by atoms with Crippen LogP contribution in [0.25, 0.3) is 0 Å². The first-order valence-corrected chi connectivity index (χ1v) is 4.45. The summed E-state index contributed by atoms with van der Waals surface area (Å²) in [4.78, 5) is 0. The van der Waals surface area contributed by atoms with E-state index < -0.39 is 0 Å². The van der Waals surface area contributed by atoms with Gasteiger partial charge in [0.15, 0.2) is 0 Å². The molecule has 0 saturated heterocycles.